The molecule has 1 saturated carbocycles. The quantitative estimate of drug-likeness (QED) is 0.315. The van der Waals surface area contributed by atoms with Crippen LogP contribution in [0.2, 0.25) is 5.02 Å². The Kier molecular flexibility index (Phi) is 8.10. The Labute approximate surface area is 248 Å². The Bertz CT molecular complexity index is 1310. The molecule has 2 aliphatic heterocycles. The van der Waals surface area contributed by atoms with Gasteiger partial charge in [0.05, 0.1) is 25.5 Å². The summed E-state index contributed by atoms with van der Waals surface area (Å²) in [6, 6.07) is 11.9. The standard InChI is InChI=1S/C34H42ClNO5/c1-40-32(38)34(39)17-6-4-2-3-5-9-30(37)27-13-10-24(27)20-36-21-33(22-41-31-15-11-25(34)19-29(31)36)16-7-8-23-18-26(35)12-14-28(23)33/h5,9,11-12,14-15,18-19,24,27,30,37,39H,2-4,6-8,10,13,16-17,20-22H2,1H3/b9-5-/t24-,27+,30-,33-,34-/m0/s1. The molecule has 0 radical (unpaired) electrons. The fourth-order valence-electron chi connectivity index (χ4n) is 7.66. The Balaban J connectivity index is 1.44. The number of rotatable bonds is 1. The largest absolute Gasteiger partial charge is 0.490 e. The molecule has 0 saturated heterocycles. The topological polar surface area (TPSA) is 79.2 Å². The molecule has 6 nitrogen and oxygen atoms in total. The first-order valence-corrected chi connectivity index (χ1v) is 15.7. The average Bonchev–Trinajstić information content (AvgIpc) is 3.10. The number of methoxy groups -OCH3 is 1. The van der Waals surface area contributed by atoms with Gasteiger partial charge in [0.1, 0.15) is 5.75 Å². The number of aliphatic hydroxyl groups is 2. The van der Waals surface area contributed by atoms with E-state index in [0.29, 0.717) is 24.5 Å². The highest BCUT2D eigenvalue weighted by Gasteiger charge is 2.45. The van der Waals surface area contributed by atoms with Gasteiger partial charge in [0, 0.05) is 23.5 Å². The van der Waals surface area contributed by atoms with E-state index in [2.05, 4.69) is 23.1 Å². The lowest BCUT2D eigenvalue weighted by Crippen LogP contribution is -2.49. The van der Waals surface area contributed by atoms with Gasteiger partial charge in [-0.2, -0.15) is 0 Å². The van der Waals surface area contributed by atoms with Gasteiger partial charge in [0.2, 0.25) is 0 Å². The second-order valence-corrected chi connectivity index (χ2v) is 13.1. The van der Waals surface area contributed by atoms with E-state index in [-0.39, 0.29) is 17.8 Å². The summed E-state index contributed by atoms with van der Waals surface area (Å²) in [5, 5.41) is 23.6. The van der Waals surface area contributed by atoms with Crippen molar-refractivity contribution in [1.82, 2.24) is 0 Å². The van der Waals surface area contributed by atoms with Crippen LogP contribution in [0.3, 0.4) is 0 Å². The van der Waals surface area contributed by atoms with Crippen LogP contribution in [0.5, 0.6) is 5.75 Å². The molecule has 2 N–H and O–H groups in total. The molecule has 2 aliphatic carbocycles. The number of aliphatic hydroxyl groups excluding tert-OH is 1. The Morgan fingerprint density at radius 3 is 2.78 bits per heavy atom. The minimum absolute atomic E-state index is 0.214. The molecule has 4 aliphatic rings. The van der Waals surface area contributed by atoms with Crippen LogP contribution >= 0.6 is 11.6 Å². The number of hydrogen-bond acceptors (Lipinski definition) is 6. The molecule has 1 spiro atoms. The van der Waals surface area contributed by atoms with Crippen molar-refractivity contribution in [2.45, 2.75) is 81.3 Å². The number of fused-ring (bicyclic) bond motifs is 4. The third-order valence-electron chi connectivity index (χ3n) is 10.2. The number of anilines is 1. The van der Waals surface area contributed by atoms with Gasteiger partial charge < -0.3 is 24.6 Å². The number of allylic oxidation sites excluding steroid dienone is 1. The molecule has 5 atom stereocenters. The lowest BCUT2D eigenvalue weighted by molar-refractivity contribution is -0.164. The second kappa shape index (κ2) is 11.6. The van der Waals surface area contributed by atoms with Gasteiger partial charge >= 0.3 is 5.97 Å². The number of halogens is 1. The number of carbonyl (C=O) groups excluding carboxylic acids is 1. The number of nitrogens with zero attached hydrogens (tertiary/aromatic N) is 1. The summed E-state index contributed by atoms with van der Waals surface area (Å²) in [6.07, 6.45) is 12.4. The maximum absolute atomic E-state index is 13.0. The smallest absolute Gasteiger partial charge is 0.342 e. The Morgan fingerprint density at radius 1 is 1.10 bits per heavy atom. The zero-order valence-electron chi connectivity index (χ0n) is 24.0. The highest BCUT2D eigenvalue weighted by Crippen LogP contribution is 2.47. The van der Waals surface area contributed by atoms with Crippen LogP contribution in [0.15, 0.2) is 48.6 Å². The van der Waals surface area contributed by atoms with Crippen LogP contribution in [-0.4, -0.2) is 49.1 Å². The summed E-state index contributed by atoms with van der Waals surface area (Å²) >= 11 is 6.41. The molecule has 2 bridgehead atoms. The van der Waals surface area contributed by atoms with Gasteiger partial charge in [-0.1, -0.05) is 42.3 Å². The van der Waals surface area contributed by atoms with Crippen molar-refractivity contribution in [2.75, 3.05) is 31.7 Å². The molecule has 220 valence electrons. The predicted octanol–water partition coefficient (Wildman–Crippen LogP) is 6.08. The summed E-state index contributed by atoms with van der Waals surface area (Å²) in [5.74, 6) is 0.685. The number of ether oxygens (including phenoxy) is 2. The third-order valence-corrected chi connectivity index (χ3v) is 10.4. The lowest BCUT2D eigenvalue weighted by atomic mass is 9.68. The summed E-state index contributed by atoms with van der Waals surface area (Å²) in [4.78, 5) is 15.4. The number of aryl methyl sites for hydroxylation is 1. The van der Waals surface area contributed by atoms with E-state index in [1.807, 2.05) is 30.3 Å². The maximum Gasteiger partial charge on any atom is 0.342 e. The van der Waals surface area contributed by atoms with Crippen LogP contribution in [0.1, 0.15) is 74.5 Å². The fraction of sp³-hybridized carbons (Fsp3) is 0.559. The average molecular weight is 580 g/mol. The predicted molar refractivity (Wildman–Crippen MR) is 161 cm³/mol. The van der Waals surface area contributed by atoms with Gasteiger partial charge in [0.25, 0.3) is 0 Å². The second-order valence-electron chi connectivity index (χ2n) is 12.7. The zero-order valence-corrected chi connectivity index (χ0v) is 24.7. The van der Waals surface area contributed by atoms with Gasteiger partial charge in [-0.05, 0) is 111 Å². The van der Waals surface area contributed by atoms with Crippen molar-refractivity contribution >= 4 is 23.3 Å². The van der Waals surface area contributed by atoms with E-state index in [9.17, 15) is 15.0 Å². The first-order valence-electron chi connectivity index (χ1n) is 15.3. The molecule has 7 heteroatoms. The van der Waals surface area contributed by atoms with Crippen LogP contribution in [0.25, 0.3) is 0 Å². The molecule has 2 aromatic rings. The molecule has 0 unspecified atom stereocenters. The normalized spacial score (nSPS) is 32.5. The monoisotopic (exact) mass is 579 g/mol. The highest BCUT2D eigenvalue weighted by atomic mass is 35.5. The number of carbonyl (C=O) groups is 1. The summed E-state index contributed by atoms with van der Waals surface area (Å²) < 4.78 is 11.7. The summed E-state index contributed by atoms with van der Waals surface area (Å²) in [6.45, 7) is 2.08. The van der Waals surface area contributed by atoms with Crippen molar-refractivity contribution in [3.8, 4) is 5.75 Å². The molecule has 2 heterocycles. The lowest BCUT2D eigenvalue weighted by Gasteiger charge is -2.45. The molecule has 0 aromatic heterocycles. The van der Waals surface area contributed by atoms with E-state index >= 15 is 0 Å². The van der Waals surface area contributed by atoms with Crippen molar-refractivity contribution in [1.29, 1.82) is 0 Å². The van der Waals surface area contributed by atoms with Gasteiger partial charge in [-0.3, -0.25) is 0 Å². The van der Waals surface area contributed by atoms with Crippen molar-refractivity contribution in [3.05, 3.63) is 70.3 Å². The van der Waals surface area contributed by atoms with E-state index < -0.39 is 17.7 Å². The summed E-state index contributed by atoms with van der Waals surface area (Å²) in [7, 11) is 1.33. The first-order chi connectivity index (χ1) is 19.8. The summed E-state index contributed by atoms with van der Waals surface area (Å²) in [5.41, 5.74) is 2.08. The van der Waals surface area contributed by atoms with Crippen molar-refractivity contribution in [3.63, 3.8) is 0 Å². The minimum Gasteiger partial charge on any atom is -0.490 e. The van der Waals surface area contributed by atoms with E-state index in [4.69, 9.17) is 21.1 Å². The van der Waals surface area contributed by atoms with Crippen LogP contribution in [0, 0.1) is 11.8 Å². The van der Waals surface area contributed by atoms with Crippen LogP contribution in [-0.2, 0) is 27.0 Å². The Hall–Kier alpha value is -2.54. The molecule has 0 amide bonds. The third kappa shape index (κ3) is 5.39. The van der Waals surface area contributed by atoms with E-state index in [0.717, 1.165) is 80.9 Å². The maximum atomic E-state index is 13.0. The molecule has 2 aromatic carbocycles. The van der Waals surface area contributed by atoms with Crippen molar-refractivity contribution < 1.29 is 24.5 Å². The van der Waals surface area contributed by atoms with Crippen LogP contribution < -0.4 is 9.64 Å². The molecular formula is C34H42ClNO5. The molecular weight excluding hydrogens is 538 g/mol. The molecule has 41 heavy (non-hydrogen) atoms. The first kappa shape index (κ1) is 28.6. The molecule has 6 rings (SSSR count). The number of esters is 1. The number of hydrogen-bond donors (Lipinski definition) is 2. The SMILES string of the molecule is COC(=O)[C@]1(O)CCCCC/C=C\[C@H](O)[C@@H]2CC[C@H]2CN2C[C@@]3(CCCc4cc(Cl)ccc43)COc3ccc1cc32. The highest BCUT2D eigenvalue weighted by molar-refractivity contribution is 6.30. The zero-order chi connectivity index (χ0) is 28.6. The Morgan fingerprint density at radius 2 is 1.98 bits per heavy atom. The van der Waals surface area contributed by atoms with E-state index in [1.165, 1.54) is 18.2 Å². The van der Waals surface area contributed by atoms with E-state index in [1.54, 1.807) is 0 Å². The van der Waals surface area contributed by atoms with Crippen molar-refractivity contribution in [2.24, 2.45) is 11.8 Å². The fourth-order valence-corrected chi connectivity index (χ4v) is 7.85. The van der Waals surface area contributed by atoms with Gasteiger partial charge in [-0.15, -0.1) is 0 Å². The van der Waals surface area contributed by atoms with Gasteiger partial charge in [-0.25, -0.2) is 4.79 Å². The molecule has 1 fully saturated rings. The van der Waals surface area contributed by atoms with Gasteiger partial charge in [0.15, 0.2) is 5.60 Å². The minimum atomic E-state index is -1.73. The van der Waals surface area contributed by atoms with Crippen LogP contribution in [0.4, 0.5) is 5.69 Å². The number of benzene rings is 2.